The van der Waals surface area contributed by atoms with E-state index in [0.29, 0.717) is 5.92 Å². The molecule has 1 heteroatoms. The van der Waals surface area contributed by atoms with Crippen LogP contribution in [-0.4, -0.2) is 6.54 Å². The predicted molar refractivity (Wildman–Crippen MR) is 105 cm³/mol. The van der Waals surface area contributed by atoms with E-state index in [1.807, 2.05) is 0 Å². The molecule has 2 rings (SSSR count). The van der Waals surface area contributed by atoms with E-state index in [9.17, 15) is 0 Å². The molecule has 0 spiro atoms. The maximum Gasteiger partial charge on any atom is 0.0205 e. The smallest absolute Gasteiger partial charge is 0.0205 e. The molecule has 0 aliphatic heterocycles. The third-order valence-electron chi connectivity index (χ3n) is 4.33. The Labute approximate surface area is 147 Å². The third-order valence-corrected chi connectivity index (χ3v) is 4.33. The molecule has 0 unspecified atom stereocenters. The van der Waals surface area contributed by atoms with Crippen LogP contribution in [0.2, 0.25) is 0 Å². The van der Waals surface area contributed by atoms with E-state index < -0.39 is 0 Å². The maximum atomic E-state index is 3.51. The summed E-state index contributed by atoms with van der Waals surface area (Å²) in [7, 11) is 0. The second kappa shape index (κ2) is 11.6. The van der Waals surface area contributed by atoms with Crippen LogP contribution in [0.15, 0.2) is 72.8 Å². The predicted octanol–water partition coefficient (Wildman–Crippen LogP) is 5.77. The SMILES string of the molecule is C[C@@H](C=CCCCNCc1ccccc1)CCCc1ccccc1. The Balaban J connectivity index is 1.47. The van der Waals surface area contributed by atoms with Gasteiger partial charge in [0.15, 0.2) is 0 Å². The highest BCUT2D eigenvalue weighted by Crippen LogP contribution is 2.12. The summed E-state index contributed by atoms with van der Waals surface area (Å²) >= 11 is 0. The zero-order valence-electron chi connectivity index (χ0n) is 15.0. The van der Waals surface area contributed by atoms with Crippen LogP contribution in [0, 0.1) is 5.92 Å². The summed E-state index contributed by atoms with van der Waals surface area (Å²) in [5.74, 6) is 0.686. The van der Waals surface area contributed by atoms with Crippen LogP contribution in [0.4, 0.5) is 0 Å². The number of hydrogen-bond acceptors (Lipinski definition) is 1. The summed E-state index contributed by atoms with van der Waals surface area (Å²) in [6, 6.07) is 21.4. The fourth-order valence-corrected chi connectivity index (χ4v) is 2.87. The molecular formula is C23H31N. The largest absolute Gasteiger partial charge is 0.313 e. The lowest BCUT2D eigenvalue weighted by molar-refractivity contribution is 0.602. The Hall–Kier alpha value is -1.86. The summed E-state index contributed by atoms with van der Waals surface area (Å²) in [6.07, 6.45) is 10.9. The van der Waals surface area contributed by atoms with Gasteiger partial charge in [-0.1, -0.05) is 79.7 Å². The Morgan fingerprint density at radius 3 is 2.25 bits per heavy atom. The van der Waals surface area contributed by atoms with Crippen molar-refractivity contribution in [3.05, 3.63) is 83.9 Å². The first kappa shape index (κ1) is 18.5. The number of allylic oxidation sites excluding steroid dienone is 2. The lowest BCUT2D eigenvalue weighted by Gasteiger charge is -2.06. The second-order valence-corrected chi connectivity index (χ2v) is 6.59. The third kappa shape index (κ3) is 8.12. The highest BCUT2D eigenvalue weighted by atomic mass is 14.8. The van der Waals surface area contributed by atoms with Crippen LogP contribution in [0.5, 0.6) is 0 Å². The van der Waals surface area contributed by atoms with E-state index in [0.717, 1.165) is 13.1 Å². The average molecular weight is 322 g/mol. The lowest BCUT2D eigenvalue weighted by atomic mass is 10.0. The standard InChI is InChI=1S/C23H31N/c1-21(13-11-18-22-14-6-2-7-15-22)12-5-4-10-19-24-20-23-16-8-3-9-17-23/h2-3,5-9,12,14-17,21,24H,4,10-11,13,18-20H2,1H3/t21-/m0/s1. The molecule has 1 N–H and O–H groups in total. The molecule has 24 heavy (non-hydrogen) atoms. The number of benzene rings is 2. The number of unbranched alkanes of at least 4 members (excludes halogenated alkanes) is 1. The summed E-state index contributed by atoms with van der Waals surface area (Å²) in [5, 5.41) is 3.51. The molecule has 0 aliphatic carbocycles. The van der Waals surface area contributed by atoms with Gasteiger partial charge in [0.25, 0.3) is 0 Å². The summed E-state index contributed by atoms with van der Waals surface area (Å²) in [4.78, 5) is 0. The summed E-state index contributed by atoms with van der Waals surface area (Å²) in [6.45, 7) is 4.39. The molecular weight excluding hydrogens is 290 g/mol. The van der Waals surface area contributed by atoms with Crippen LogP contribution in [0.3, 0.4) is 0 Å². The topological polar surface area (TPSA) is 12.0 Å². The van der Waals surface area contributed by atoms with Gasteiger partial charge in [0.1, 0.15) is 0 Å². The van der Waals surface area contributed by atoms with Crippen molar-refractivity contribution in [1.29, 1.82) is 0 Å². The molecule has 1 atom stereocenters. The number of rotatable bonds is 11. The quantitative estimate of drug-likeness (QED) is 0.409. The molecule has 0 heterocycles. The minimum Gasteiger partial charge on any atom is -0.313 e. The Bertz CT molecular complexity index is 559. The van der Waals surface area contributed by atoms with Crippen LogP contribution < -0.4 is 5.32 Å². The first-order valence-corrected chi connectivity index (χ1v) is 9.30. The normalized spacial score (nSPS) is 12.5. The molecule has 1 nitrogen and oxygen atoms in total. The summed E-state index contributed by atoms with van der Waals surface area (Å²) < 4.78 is 0. The number of aryl methyl sites for hydroxylation is 1. The fraction of sp³-hybridized carbons (Fsp3) is 0.391. The molecule has 2 aromatic rings. The van der Waals surface area contributed by atoms with Crippen molar-refractivity contribution in [3.8, 4) is 0 Å². The van der Waals surface area contributed by atoms with E-state index in [2.05, 4.69) is 85.1 Å². The maximum absolute atomic E-state index is 3.51. The second-order valence-electron chi connectivity index (χ2n) is 6.59. The lowest BCUT2D eigenvalue weighted by Crippen LogP contribution is -2.14. The molecule has 2 aromatic carbocycles. The van der Waals surface area contributed by atoms with Crippen LogP contribution in [0.25, 0.3) is 0 Å². The van der Waals surface area contributed by atoms with Crippen molar-refractivity contribution in [1.82, 2.24) is 5.32 Å². The molecule has 0 aliphatic rings. The van der Waals surface area contributed by atoms with Gasteiger partial charge in [-0.3, -0.25) is 0 Å². The van der Waals surface area contributed by atoms with E-state index >= 15 is 0 Å². The Morgan fingerprint density at radius 1 is 0.875 bits per heavy atom. The number of nitrogens with one attached hydrogen (secondary N) is 1. The highest BCUT2D eigenvalue weighted by Gasteiger charge is 1.98. The van der Waals surface area contributed by atoms with Gasteiger partial charge in [-0.2, -0.15) is 0 Å². The van der Waals surface area contributed by atoms with E-state index in [-0.39, 0.29) is 0 Å². The molecule has 0 amide bonds. The Morgan fingerprint density at radius 2 is 1.54 bits per heavy atom. The van der Waals surface area contributed by atoms with Gasteiger partial charge < -0.3 is 5.32 Å². The van der Waals surface area contributed by atoms with Gasteiger partial charge in [0, 0.05) is 6.54 Å². The van der Waals surface area contributed by atoms with Crippen molar-refractivity contribution in [3.63, 3.8) is 0 Å². The molecule has 0 fully saturated rings. The minimum atomic E-state index is 0.686. The van der Waals surface area contributed by atoms with Crippen molar-refractivity contribution in [2.24, 2.45) is 5.92 Å². The van der Waals surface area contributed by atoms with Gasteiger partial charge in [0.2, 0.25) is 0 Å². The summed E-state index contributed by atoms with van der Waals surface area (Å²) in [5.41, 5.74) is 2.82. The minimum absolute atomic E-state index is 0.686. The van der Waals surface area contributed by atoms with Gasteiger partial charge in [-0.25, -0.2) is 0 Å². The van der Waals surface area contributed by atoms with E-state index in [1.54, 1.807) is 0 Å². The number of hydrogen-bond donors (Lipinski definition) is 1. The monoisotopic (exact) mass is 321 g/mol. The molecule has 0 saturated carbocycles. The van der Waals surface area contributed by atoms with Crippen molar-refractivity contribution >= 4 is 0 Å². The van der Waals surface area contributed by atoms with Crippen molar-refractivity contribution in [2.45, 2.75) is 45.6 Å². The molecule has 0 saturated heterocycles. The molecule has 0 aromatic heterocycles. The fourth-order valence-electron chi connectivity index (χ4n) is 2.87. The van der Waals surface area contributed by atoms with Crippen molar-refractivity contribution < 1.29 is 0 Å². The zero-order chi connectivity index (χ0) is 16.9. The van der Waals surface area contributed by atoms with Gasteiger partial charge in [-0.15, -0.1) is 0 Å². The van der Waals surface area contributed by atoms with E-state index in [4.69, 9.17) is 0 Å². The first-order chi connectivity index (χ1) is 11.8. The highest BCUT2D eigenvalue weighted by molar-refractivity contribution is 5.15. The van der Waals surface area contributed by atoms with Crippen molar-refractivity contribution in [2.75, 3.05) is 6.54 Å². The van der Waals surface area contributed by atoms with Crippen LogP contribution in [-0.2, 0) is 13.0 Å². The zero-order valence-corrected chi connectivity index (χ0v) is 15.0. The van der Waals surface area contributed by atoms with Gasteiger partial charge in [0.05, 0.1) is 0 Å². The average Bonchev–Trinajstić information content (AvgIpc) is 2.63. The van der Waals surface area contributed by atoms with Gasteiger partial charge in [-0.05, 0) is 55.7 Å². The molecule has 0 radical (unpaired) electrons. The van der Waals surface area contributed by atoms with Crippen LogP contribution >= 0.6 is 0 Å². The van der Waals surface area contributed by atoms with E-state index in [1.165, 1.54) is 43.2 Å². The Kier molecular flexibility index (Phi) is 8.96. The van der Waals surface area contributed by atoms with Gasteiger partial charge >= 0.3 is 0 Å². The molecule has 128 valence electrons. The first-order valence-electron chi connectivity index (χ1n) is 9.30. The molecule has 0 bridgehead atoms. The van der Waals surface area contributed by atoms with Crippen LogP contribution in [0.1, 0.15) is 43.7 Å².